The van der Waals surface area contributed by atoms with Crippen molar-refractivity contribution in [3.05, 3.63) is 191 Å². The zero-order valence-electron chi connectivity index (χ0n) is 48.1. The Morgan fingerprint density at radius 3 is 0.889 bits per heavy atom. The summed E-state index contributed by atoms with van der Waals surface area (Å²) in [6, 6.07) is 29.1. The highest BCUT2D eigenvalue weighted by Gasteiger charge is 2.21. The van der Waals surface area contributed by atoms with Crippen LogP contribution in [0.4, 0.5) is 28.4 Å². The molecule has 5 heterocycles. The number of nitrogens with two attached hydrogens (primary N) is 1. The van der Waals surface area contributed by atoms with Crippen LogP contribution in [-0.2, 0) is 16.2 Å². The molecule has 0 fully saturated rings. The van der Waals surface area contributed by atoms with Crippen LogP contribution in [0.15, 0.2) is 134 Å². The smallest absolute Gasteiger partial charge is 0.271 e. The third kappa shape index (κ3) is 21.0. The summed E-state index contributed by atoms with van der Waals surface area (Å²) < 4.78 is 0.625. The number of hydrogen-bond acceptors (Lipinski definition) is 9. The van der Waals surface area contributed by atoms with E-state index in [1.54, 1.807) is 48.8 Å². The van der Waals surface area contributed by atoms with E-state index in [0.717, 1.165) is 54.8 Å². The summed E-state index contributed by atoms with van der Waals surface area (Å²) >= 11 is 6.75. The first-order valence-electron chi connectivity index (χ1n) is 25.5. The third-order valence-electron chi connectivity index (χ3n) is 11.4. The lowest BCUT2D eigenvalue weighted by Gasteiger charge is -2.17. The van der Waals surface area contributed by atoms with Crippen LogP contribution in [-0.4, -0.2) is 53.3 Å². The van der Waals surface area contributed by atoms with E-state index >= 15 is 0 Å². The van der Waals surface area contributed by atoms with Crippen molar-refractivity contribution in [2.75, 3.05) is 5.73 Å². The molecule has 0 saturated heterocycles. The lowest BCUT2D eigenvalue weighted by Crippen LogP contribution is -2.09. The summed E-state index contributed by atoms with van der Waals surface area (Å²) in [6.45, 7) is 32.0. The molecule has 18 nitrogen and oxygen atoms in total. The summed E-state index contributed by atoms with van der Waals surface area (Å²) in [5, 5.41) is 47.3. The Kier molecular flexibility index (Phi) is 22.9. The number of fused-ring (bicyclic) bond motifs is 5. The number of nitrogens with zero attached hydrogens (tertiary/aromatic N) is 4. The fraction of sp³-hybridized carbons (Fsp3) is 0.344. The second kappa shape index (κ2) is 27.6. The van der Waals surface area contributed by atoms with Gasteiger partial charge in [-0.05, 0) is 92.2 Å². The van der Waals surface area contributed by atoms with Crippen molar-refractivity contribution in [1.82, 2.24) is 24.9 Å². The number of nitrogens with one attached hydrogen (secondary N) is 5. The minimum absolute atomic E-state index is 0. The first-order chi connectivity index (χ1) is 36.8. The van der Waals surface area contributed by atoms with E-state index < -0.39 is 9.85 Å². The summed E-state index contributed by atoms with van der Waals surface area (Å²) in [5.74, 6) is 0. The Labute approximate surface area is 490 Å². The molecule has 81 heavy (non-hydrogen) atoms. The van der Waals surface area contributed by atoms with Crippen LogP contribution in [0.25, 0.3) is 54.5 Å². The number of nitro benzene ring substituents is 4. The average Bonchev–Trinajstić information content (AvgIpc) is 4.38. The summed E-state index contributed by atoms with van der Waals surface area (Å²) in [7, 11) is 0. The van der Waals surface area contributed by atoms with Gasteiger partial charge in [0.15, 0.2) is 0 Å². The summed E-state index contributed by atoms with van der Waals surface area (Å²) in [6.07, 6.45) is 9.44. The van der Waals surface area contributed by atoms with Crippen LogP contribution in [0.5, 0.6) is 0 Å². The molecule has 0 atom stereocenters. The molecular weight excluding hydrogens is 1160 g/mol. The molecule has 0 saturated carbocycles. The van der Waals surface area contributed by atoms with Crippen LogP contribution in [0.2, 0.25) is 0 Å². The van der Waals surface area contributed by atoms with Crippen LogP contribution in [0, 0.1) is 40.5 Å². The molecule has 0 amide bonds. The van der Waals surface area contributed by atoms with Crippen molar-refractivity contribution in [2.24, 2.45) is 0 Å². The zero-order chi connectivity index (χ0) is 60.3. The molecule has 434 valence electrons. The molecule has 0 unspecified atom stereocenters. The zero-order valence-corrected chi connectivity index (χ0v) is 51.3. The number of hydrogen-bond donors (Lipinski definition) is 6. The monoisotopic (exact) mass is 1240 g/mol. The van der Waals surface area contributed by atoms with Crippen LogP contribution < -0.4 is 5.73 Å². The van der Waals surface area contributed by atoms with Crippen molar-refractivity contribution in [3.8, 4) is 0 Å². The third-order valence-corrected chi connectivity index (χ3v) is 11.4. The normalized spacial score (nSPS) is 11.4. The number of non-ortho nitro benzene ring substituents is 4. The molecule has 0 radical (unpaired) electrons. The fourth-order valence-electron chi connectivity index (χ4n) is 7.76. The number of alkyl halides is 2. The van der Waals surface area contributed by atoms with Gasteiger partial charge in [0.1, 0.15) is 0 Å². The SMILES string of the molecule is C.CC(C)(C)Br.CC(C)(C)Br.CC(C)(C)c1c[nH]c2cc(N)ccc12.CC(C)(C)c1c[nH]c2cc([N+](=O)[O-])ccc12.CC(C)(C)c1c[nH]c2cc([N+](=O)[O-])ccc12.O=[N+]([O-])c1ccc2cc[nH]c2c1.O=[N+]([O-])c1ccc2cc[nH]c2c1. The Morgan fingerprint density at radius 2 is 0.617 bits per heavy atom. The molecule has 0 aliphatic heterocycles. The number of H-pyrrole nitrogens is 5. The first-order valence-corrected chi connectivity index (χ1v) is 27.1. The Hall–Kier alpha value is -7.84. The van der Waals surface area contributed by atoms with Gasteiger partial charge in [-0.3, -0.25) is 40.5 Å². The maximum absolute atomic E-state index is 10.6. The van der Waals surface area contributed by atoms with E-state index in [0.29, 0.717) is 8.65 Å². The number of halogens is 2. The topological polar surface area (TPSA) is 278 Å². The van der Waals surface area contributed by atoms with Gasteiger partial charge in [-0.25, -0.2) is 0 Å². The highest BCUT2D eigenvalue weighted by molar-refractivity contribution is 9.10. The summed E-state index contributed by atoms with van der Waals surface area (Å²) in [5.41, 5.74) is 15.3. The van der Waals surface area contributed by atoms with E-state index in [9.17, 15) is 40.5 Å². The van der Waals surface area contributed by atoms with Gasteiger partial charge in [0.2, 0.25) is 0 Å². The number of aromatic nitrogens is 5. The molecule has 10 rings (SSSR count). The van der Waals surface area contributed by atoms with Gasteiger partial charge in [-0.1, -0.05) is 149 Å². The molecule has 10 aromatic rings. The first kappa shape index (κ1) is 67.4. The predicted molar refractivity (Wildman–Crippen MR) is 343 cm³/mol. The molecule has 20 heteroatoms. The molecule has 5 aromatic heterocycles. The number of anilines is 1. The van der Waals surface area contributed by atoms with E-state index in [1.165, 1.54) is 46.3 Å². The fourth-order valence-corrected chi connectivity index (χ4v) is 7.76. The van der Waals surface area contributed by atoms with E-state index in [2.05, 4.69) is 173 Å². The molecule has 0 bridgehead atoms. The van der Waals surface area contributed by atoms with Crippen LogP contribution in [0.1, 0.15) is 128 Å². The number of nitrogen functional groups attached to an aromatic ring is 1. The van der Waals surface area contributed by atoms with Crippen molar-refractivity contribution < 1.29 is 19.7 Å². The average molecular weight is 1240 g/mol. The molecule has 7 N–H and O–H groups in total. The van der Waals surface area contributed by atoms with E-state index in [4.69, 9.17) is 5.73 Å². The van der Waals surface area contributed by atoms with Crippen molar-refractivity contribution in [3.63, 3.8) is 0 Å². The van der Waals surface area contributed by atoms with E-state index in [1.807, 2.05) is 48.8 Å². The van der Waals surface area contributed by atoms with Crippen LogP contribution >= 0.6 is 31.9 Å². The van der Waals surface area contributed by atoms with Crippen molar-refractivity contribution in [1.29, 1.82) is 0 Å². The van der Waals surface area contributed by atoms with Gasteiger partial charge in [0, 0.05) is 116 Å². The summed E-state index contributed by atoms with van der Waals surface area (Å²) in [4.78, 5) is 55.7. The lowest BCUT2D eigenvalue weighted by atomic mass is 9.87. The number of aromatic amines is 5. The van der Waals surface area contributed by atoms with Gasteiger partial charge in [-0.15, -0.1) is 0 Å². The van der Waals surface area contributed by atoms with Crippen molar-refractivity contribution >= 4 is 115 Å². The maximum Gasteiger partial charge on any atom is 0.271 e. The molecule has 0 aliphatic rings. The molecule has 0 spiro atoms. The molecular formula is C61H78Br2N10O8. The Balaban J connectivity index is 0.000000255. The Bertz CT molecular complexity index is 3510. The van der Waals surface area contributed by atoms with Gasteiger partial charge in [0.05, 0.1) is 41.8 Å². The van der Waals surface area contributed by atoms with Gasteiger partial charge >= 0.3 is 0 Å². The highest BCUT2D eigenvalue weighted by atomic mass is 79.9. The standard InChI is InChI=1S/2C12H14N2O2.C12H16N2.2C8H6N2O2.2C4H9Br.CH4/c2*1-12(2,3)10-7-13-11-6-8(14(15)16)4-5-9(10)11;1-12(2,3)10-7-14-11-6-8(13)4-5-9(10)11;2*11-10(12)7-2-1-6-3-4-9-8(6)5-7;2*1-4(2,3)5;/h2*4-7,13H,1-3H3;4-7,14H,13H2,1-3H3;2*1-5,9H;2*1-3H3;1H4. The molecule has 0 aliphatic carbocycles. The van der Waals surface area contributed by atoms with E-state index in [-0.39, 0.29) is 56.3 Å². The van der Waals surface area contributed by atoms with Crippen LogP contribution in [0.3, 0.4) is 0 Å². The quantitative estimate of drug-likeness (QED) is 0.0422. The maximum atomic E-state index is 10.6. The van der Waals surface area contributed by atoms with Crippen molar-refractivity contribution in [2.45, 2.75) is 136 Å². The van der Waals surface area contributed by atoms with Gasteiger partial charge < -0.3 is 30.7 Å². The minimum Gasteiger partial charge on any atom is -0.399 e. The second-order valence-corrected chi connectivity index (χ2v) is 28.5. The van der Waals surface area contributed by atoms with Gasteiger partial charge in [-0.2, -0.15) is 0 Å². The predicted octanol–water partition coefficient (Wildman–Crippen LogP) is 18.9. The molecule has 5 aromatic carbocycles. The number of nitro groups is 4. The Morgan fingerprint density at radius 1 is 0.370 bits per heavy atom. The van der Waals surface area contributed by atoms with Gasteiger partial charge in [0.25, 0.3) is 22.7 Å². The lowest BCUT2D eigenvalue weighted by molar-refractivity contribution is -0.384. The highest BCUT2D eigenvalue weighted by Crippen LogP contribution is 2.34. The number of rotatable bonds is 4. The number of benzene rings is 5. The second-order valence-electron chi connectivity index (χ2n) is 23.8. The minimum atomic E-state index is -0.402. The largest absolute Gasteiger partial charge is 0.399 e.